The van der Waals surface area contributed by atoms with Crippen molar-refractivity contribution in [3.05, 3.63) is 143 Å². The van der Waals surface area contributed by atoms with E-state index in [1.54, 1.807) is 41.3 Å². The third-order valence-electron chi connectivity index (χ3n) is 7.17. The van der Waals surface area contributed by atoms with E-state index >= 15 is 0 Å². The SMILES string of the molecule is O=C1C(=Cc2ccc(N(c3ccc(F)cc3)c3ccc(F)cc3)o2)C(=O)c2c1c1ccccc1c1ccccc21. The van der Waals surface area contributed by atoms with Crippen LogP contribution in [0.3, 0.4) is 0 Å². The maximum Gasteiger partial charge on any atom is 0.205 e. The summed E-state index contributed by atoms with van der Waals surface area (Å²) in [7, 11) is 0. The Bertz CT molecular complexity index is 1880. The van der Waals surface area contributed by atoms with Crippen LogP contribution in [-0.2, 0) is 0 Å². The van der Waals surface area contributed by atoms with E-state index in [1.807, 2.05) is 48.5 Å². The number of Topliss-reactive ketones (excluding diaryl/α,β-unsaturated/α-hetero) is 2. The first kappa shape index (κ1) is 23.7. The van der Waals surface area contributed by atoms with E-state index in [0.717, 1.165) is 21.5 Å². The zero-order valence-electron chi connectivity index (χ0n) is 20.9. The van der Waals surface area contributed by atoms with E-state index < -0.39 is 11.6 Å². The van der Waals surface area contributed by atoms with Crippen molar-refractivity contribution < 1.29 is 22.8 Å². The van der Waals surface area contributed by atoms with Gasteiger partial charge in [-0.05, 0) is 82.2 Å². The van der Waals surface area contributed by atoms with Gasteiger partial charge in [0.1, 0.15) is 17.4 Å². The lowest BCUT2D eigenvalue weighted by Gasteiger charge is -2.22. The Morgan fingerprint density at radius 3 is 1.48 bits per heavy atom. The number of hydrogen-bond acceptors (Lipinski definition) is 4. The van der Waals surface area contributed by atoms with Crippen LogP contribution in [0, 0.1) is 11.6 Å². The molecule has 5 aromatic carbocycles. The maximum absolute atomic E-state index is 13.7. The number of fused-ring (bicyclic) bond motifs is 6. The lowest BCUT2D eigenvalue weighted by molar-refractivity contribution is 0.0991. The van der Waals surface area contributed by atoms with Crippen LogP contribution in [-0.4, -0.2) is 11.6 Å². The Labute approximate surface area is 227 Å². The van der Waals surface area contributed by atoms with Crippen LogP contribution < -0.4 is 4.90 Å². The van der Waals surface area contributed by atoms with E-state index in [4.69, 9.17) is 4.42 Å². The highest BCUT2D eigenvalue weighted by atomic mass is 19.1. The molecule has 6 heteroatoms. The molecule has 0 unspecified atom stereocenters. The molecule has 1 aliphatic rings. The van der Waals surface area contributed by atoms with Crippen molar-refractivity contribution in [1.29, 1.82) is 0 Å². The van der Waals surface area contributed by atoms with E-state index in [9.17, 15) is 18.4 Å². The number of benzene rings is 5. The molecule has 1 heterocycles. The zero-order valence-corrected chi connectivity index (χ0v) is 20.9. The molecule has 1 aliphatic carbocycles. The van der Waals surface area contributed by atoms with Crippen LogP contribution in [0.25, 0.3) is 27.6 Å². The van der Waals surface area contributed by atoms with Gasteiger partial charge in [-0.15, -0.1) is 0 Å². The molecule has 0 N–H and O–H groups in total. The minimum absolute atomic E-state index is 0.0209. The molecule has 0 atom stereocenters. The number of furan rings is 1. The van der Waals surface area contributed by atoms with Gasteiger partial charge < -0.3 is 4.42 Å². The number of carbonyl (C=O) groups excluding carboxylic acids is 2. The summed E-state index contributed by atoms with van der Waals surface area (Å²) in [5.74, 6) is -0.863. The predicted molar refractivity (Wildman–Crippen MR) is 151 cm³/mol. The van der Waals surface area contributed by atoms with Crippen molar-refractivity contribution >= 4 is 56.4 Å². The van der Waals surface area contributed by atoms with Crippen LogP contribution in [0.4, 0.5) is 26.0 Å². The molecule has 192 valence electrons. The summed E-state index contributed by atoms with van der Waals surface area (Å²) in [6, 6.07) is 30.1. The van der Waals surface area contributed by atoms with Crippen molar-refractivity contribution in [3.8, 4) is 0 Å². The lowest BCUT2D eigenvalue weighted by atomic mass is 9.93. The normalized spacial score (nSPS) is 12.8. The topological polar surface area (TPSA) is 50.5 Å². The first-order valence-electron chi connectivity index (χ1n) is 12.7. The summed E-state index contributed by atoms with van der Waals surface area (Å²) in [5, 5.41) is 3.29. The summed E-state index contributed by atoms with van der Waals surface area (Å²) in [4.78, 5) is 29.1. The van der Waals surface area contributed by atoms with Gasteiger partial charge in [-0.3, -0.25) is 14.5 Å². The van der Waals surface area contributed by atoms with E-state index in [1.165, 1.54) is 30.3 Å². The fourth-order valence-corrected chi connectivity index (χ4v) is 5.38. The molecular weight excluding hydrogens is 508 g/mol. The van der Waals surface area contributed by atoms with Crippen LogP contribution in [0.15, 0.2) is 119 Å². The lowest BCUT2D eigenvalue weighted by Crippen LogP contribution is -2.09. The number of allylic oxidation sites excluding steroid dienone is 1. The van der Waals surface area contributed by atoms with Gasteiger partial charge in [0.15, 0.2) is 11.6 Å². The molecular formula is C34H19F2NO3. The molecule has 40 heavy (non-hydrogen) atoms. The highest BCUT2D eigenvalue weighted by Crippen LogP contribution is 2.41. The van der Waals surface area contributed by atoms with Gasteiger partial charge in [0.2, 0.25) is 5.88 Å². The summed E-state index contributed by atoms with van der Waals surface area (Å²) in [5.41, 5.74) is 1.99. The number of ketones is 2. The molecule has 7 rings (SSSR count). The second-order valence-electron chi connectivity index (χ2n) is 9.52. The van der Waals surface area contributed by atoms with E-state index in [-0.39, 0.29) is 17.1 Å². The quantitative estimate of drug-likeness (QED) is 0.131. The second-order valence-corrected chi connectivity index (χ2v) is 9.52. The third kappa shape index (κ3) is 3.73. The first-order valence-corrected chi connectivity index (χ1v) is 12.7. The van der Waals surface area contributed by atoms with Crippen LogP contribution in [0.2, 0.25) is 0 Å². The predicted octanol–water partition coefficient (Wildman–Crippen LogP) is 8.80. The monoisotopic (exact) mass is 527 g/mol. The van der Waals surface area contributed by atoms with Crippen molar-refractivity contribution in [3.63, 3.8) is 0 Å². The third-order valence-corrected chi connectivity index (χ3v) is 7.17. The largest absolute Gasteiger partial charge is 0.440 e. The molecule has 0 bridgehead atoms. The summed E-state index contributed by atoms with van der Waals surface area (Å²) >= 11 is 0. The molecule has 4 nitrogen and oxygen atoms in total. The smallest absolute Gasteiger partial charge is 0.205 e. The Kier molecular flexibility index (Phi) is 5.42. The number of carbonyl (C=O) groups is 2. The molecule has 0 aliphatic heterocycles. The fourth-order valence-electron chi connectivity index (χ4n) is 5.38. The first-order chi connectivity index (χ1) is 19.5. The summed E-state index contributed by atoms with van der Waals surface area (Å²) in [6.45, 7) is 0. The molecule has 0 saturated carbocycles. The Hall–Kier alpha value is -5.36. The average molecular weight is 528 g/mol. The Morgan fingerprint density at radius 1 is 0.550 bits per heavy atom. The summed E-state index contributed by atoms with van der Waals surface area (Å²) < 4.78 is 33.4. The number of halogens is 2. The van der Waals surface area contributed by atoms with Crippen molar-refractivity contribution in [2.45, 2.75) is 0 Å². The van der Waals surface area contributed by atoms with E-state index in [0.29, 0.717) is 34.1 Å². The van der Waals surface area contributed by atoms with Gasteiger partial charge in [0.25, 0.3) is 0 Å². The van der Waals surface area contributed by atoms with Gasteiger partial charge in [0, 0.05) is 28.6 Å². The van der Waals surface area contributed by atoms with Crippen molar-refractivity contribution in [2.24, 2.45) is 0 Å². The molecule has 1 aromatic heterocycles. The van der Waals surface area contributed by atoms with Gasteiger partial charge >= 0.3 is 0 Å². The Balaban J connectivity index is 1.34. The van der Waals surface area contributed by atoms with Gasteiger partial charge in [-0.2, -0.15) is 0 Å². The molecule has 0 fully saturated rings. The molecule has 0 saturated heterocycles. The zero-order chi connectivity index (χ0) is 27.4. The van der Waals surface area contributed by atoms with Gasteiger partial charge in [0.05, 0.1) is 5.57 Å². The number of nitrogens with zero attached hydrogens (tertiary/aromatic N) is 1. The highest BCUT2D eigenvalue weighted by Gasteiger charge is 2.37. The number of hydrogen-bond donors (Lipinski definition) is 0. The van der Waals surface area contributed by atoms with Gasteiger partial charge in [-0.1, -0.05) is 48.5 Å². The second kappa shape index (κ2) is 9.13. The van der Waals surface area contributed by atoms with Gasteiger partial charge in [-0.25, -0.2) is 8.78 Å². The highest BCUT2D eigenvalue weighted by molar-refractivity contribution is 6.47. The van der Waals surface area contributed by atoms with E-state index in [2.05, 4.69) is 0 Å². The standard InChI is InChI=1S/C34H19F2NO3/c35-20-9-13-22(14-10-20)37(23-15-11-21(36)12-16-23)30-18-17-24(40-30)19-29-33(38)31-27-7-3-1-5-25(27)26-6-2-4-8-28(26)32(31)34(29)39/h1-19H. The van der Waals surface area contributed by atoms with Crippen LogP contribution in [0.1, 0.15) is 26.5 Å². The molecule has 0 spiro atoms. The minimum atomic E-state index is -0.398. The van der Waals surface area contributed by atoms with Crippen molar-refractivity contribution in [2.75, 3.05) is 4.90 Å². The Morgan fingerprint density at radius 2 is 1.00 bits per heavy atom. The number of rotatable bonds is 4. The maximum atomic E-state index is 13.7. The molecule has 0 amide bonds. The summed E-state index contributed by atoms with van der Waals surface area (Å²) in [6.07, 6.45) is 1.46. The van der Waals surface area contributed by atoms with Crippen LogP contribution >= 0.6 is 0 Å². The molecule has 6 aromatic rings. The minimum Gasteiger partial charge on any atom is -0.440 e. The average Bonchev–Trinajstić information content (AvgIpc) is 3.54. The van der Waals surface area contributed by atoms with Crippen molar-refractivity contribution in [1.82, 2.24) is 0 Å². The molecule has 0 radical (unpaired) electrons. The number of anilines is 3. The van der Waals surface area contributed by atoms with Crippen LogP contribution in [0.5, 0.6) is 0 Å². The fraction of sp³-hybridized carbons (Fsp3) is 0.